The van der Waals surface area contributed by atoms with Crippen molar-refractivity contribution in [3.63, 3.8) is 0 Å². The Morgan fingerprint density at radius 2 is 2.14 bits per heavy atom. The summed E-state index contributed by atoms with van der Waals surface area (Å²) in [6.07, 6.45) is 4.65. The molecule has 4 atom stereocenters. The minimum absolute atomic E-state index is 0.00268. The lowest BCUT2D eigenvalue weighted by atomic mass is 9.41. The van der Waals surface area contributed by atoms with Gasteiger partial charge < -0.3 is 20.1 Å². The Labute approximate surface area is 126 Å². The van der Waals surface area contributed by atoms with Crippen LogP contribution in [0.1, 0.15) is 52.9 Å². The average molecular weight is 295 g/mol. The first kappa shape index (κ1) is 15.3. The molecule has 3 N–H and O–H groups in total. The highest BCUT2D eigenvalue weighted by Crippen LogP contribution is 2.70. The summed E-state index contributed by atoms with van der Waals surface area (Å²) in [5.74, 6) is -0.111. The van der Waals surface area contributed by atoms with Crippen molar-refractivity contribution in [2.24, 2.45) is 17.1 Å². The van der Waals surface area contributed by atoms with E-state index >= 15 is 0 Å². The second-order valence-electron chi connectivity index (χ2n) is 7.82. The van der Waals surface area contributed by atoms with E-state index in [1.165, 1.54) is 6.42 Å². The fraction of sp³-hybridized carbons (Fsp3) is 0.933. The third-order valence-corrected chi connectivity index (χ3v) is 6.35. The zero-order valence-electron chi connectivity index (χ0n) is 13.2. The molecule has 6 heteroatoms. The lowest BCUT2D eigenvalue weighted by Gasteiger charge is -2.69. The molecule has 118 valence electrons. The summed E-state index contributed by atoms with van der Waals surface area (Å²) >= 11 is 0. The Hall–Kier alpha value is -0.585. The van der Waals surface area contributed by atoms with Crippen molar-refractivity contribution in [2.75, 3.05) is 0 Å². The van der Waals surface area contributed by atoms with Gasteiger partial charge in [0.05, 0.1) is 17.6 Å². The summed E-state index contributed by atoms with van der Waals surface area (Å²) in [7, 11) is -0.242. The molecule has 5 nitrogen and oxygen atoms in total. The smallest absolute Gasteiger partial charge is 0.457 e. The van der Waals surface area contributed by atoms with Crippen LogP contribution < -0.4 is 5.73 Å². The number of fused-ring (bicyclic) bond motifs is 1. The summed E-state index contributed by atoms with van der Waals surface area (Å²) in [6, 6.07) is -0.329. The fourth-order valence-corrected chi connectivity index (χ4v) is 4.89. The van der Waals surface area contributed by atoms with Gasteiger partial charge in [0.15, 0.2) is 0 Å². The Morgan fingerprint density at radius 1 is 1.43 bits per heavy atom. The number of carboxylic acids is 1. The van der Waals surface area contributed by atoms with Crippen molar-refractivity contribution in [1.29, 1.82) is 0 Å². The number of aliphatic carboxylic acids is 1. The molecule has 4 rings (SSSR count). The van der Waals surface area contributed by atoms with Crippen molar-refractivity contribution < 1.29 is 19.2 Å². The topological polar surface area (TPSA) is 81.8 Å². The van der Waals surface area contributed by atoms with Crippen LogP contribution in [0.4, 0.5) is 0 Å². The Bertz CT molecular complexity index is 457. The third-order valence-electron chi connectivity index (χ3n) is 6.35. The van der Waals surface area contributed by atoms with Gasteiger partial charge in [0.25, 0.3) is 0 Å². The summed E-state index contributed by atoms with van der Waals surface area (Å²) in [4.78, 5) is 10.7. The Balaban J connectivity index is 1.63. The maximum absolute atomic E-state index is 10.7. The van der Waals surface area contributed by atoms with Gasteiger partial charge >= 0.3 is 13.1 Å². The standard InChI is InChI=1S/C15H26BNO4/c1-13(2)10-4-6-14(3)15(13,9-10)21-16(20-14)7-5-11(17)8-12(18)19/h10-11H,4-9,17H2,1-3H3,(H,18,19)/t10-,11?,14-,15-/m0/s1. The molecule has 0 aromatic carbocycles. The summed E-state index contributed by atoms with van der Waals surface area (Å²) < 4.78 is 12.6. The van der Waals surface area contributed by atoms with E-state index in [-0.39, 0.29) is 36.2 Å². The van der Waals surface area contributed by atoms with Crippen molar-refractivity contribution in [2.45, 2.75) is 76.4 Å². The van der Waals surface area contributed by atoms with E-state index in [1.807, 2.05) is 0 Å². The fourth-order valence-electron chi connectivity index (χ4n) is 4.89. The van der Waals surface area contributed by atoms with Crippen LogP contribution in [0.5, 0.6) is 0 Å². The van der Waals surface area contributed by atoms with Crippen LogP contribution in [0.3, 0.4) is 0 Å². The van der Waals surface area contributed by atoms with E-state index in [1.54, 1.807) is 0 Å². The highest BCUT2D eigenvalue weighted by molar-refractivity contribution is 6.45. The molecule has 1 spiro atoms. The van der Waals surface area contributed by atoms with Gasteiger partial charge in [0, 0.05) is 6.04 Å². The van der Waals surface area contributed by atoms with E-state index in [4.69, 9.17) is 20.1 Å². The first-order valence-electron chi connectivity index (χ1n) is 8.03. The van der Waals surface area contributed by atoms with E-state index in [2.05, 4.69) is 20.8 Å². The number of carbonyl (C=O) groups is 1. The van der Waals surface area contributed by atoms with Gasteiger partial charge in [-0.3, -0.25) is 4.79 Å². The Kier molecular flexibility index (Phi) is 3.43. The second-order valence-corrected chi connectivity index (χ2v) is 7.82. The van der Waals surface area contributed by atoms with Crippen LogP contribution >= 0.6 is 0 Å². The molecule has 0 amide bonds. The number of hydrogen-bond acceptors (Lipinski definition) is 4. The number of hydrogen-bond donors (Lipinski definition) is 2. The monoisotopic (exact) mass is 295 g/mol. The molecule has 3 saturated carbocycles. The molecule has 2 bridgehead atoms. The van der Waals surface area contributed by atoms with Gasteiger partial charge in [-0.05, 0) is 50.3 Å². The summed E-state index contributed by atoms with van der Waals surface area (Å²) in [5, 5.41) is 8.76. The van der Waals surface area contributed by atoms with E-state index in [9.17, 15) is 4.79 Å². The SMILES string of the molecule is CC1(C)[C@H]2CC[C@]3(C)OB(CCC(N)CC(=O)O)O[C@@]13C2. The largest absolute Gasteiger partial charge is 0.481 e. The summed E-state index contributed by atoms with van der Waals surface area (Å²) in [5.41, 5.74) is 5.64. The highest BCUT2D eigenvalue weighted by atomic mass is 16.7. The quantitative estimate of drug-likeness (QED) is 0.759. The molecular weight excluding hydrogens is 269 g/mol. The molecule has 0 radical (unpaired) electrons. The van der Waals surface area contributed by atoms with Crippen LogP contribution in [-0.2, 0) is 14.1 Å². The molecule has 21 heavy (non-hydrogen) atoms. The van der Waals surface area contributed by atoms with E-state index in [0.29, 0.717) is 12.7 Å². The van der Waals surface area contributed by atoms with Gasteiger partial charge in [0.2, 0.25) is 0 Å². The van der Waals surface area contributed by atoms with Crippen molar-refractivity contribution in [3.8, 4) is 0 Å². The van der Waals surface area contributed by atoms with E-state index in [0.717, 1.165) is 18.8 Å². The number of carboxylic acid groups (broad SMARTS) is 1. The number of nitrogens with two attached hydrogens (primary N) is 1. The minimum Gasteiger partial charge on any atom is -0.481 e. The lowest BCUT2D eigenvalue weighted by molar-refractivity contribution is -0.257. The molecule has 0 aromatic rings. The van der Waals surface area contributed by atoms with Gasteiger partial charge in [-0.1, -0.05) is 13.8 Å². The van der Waals surface area contributed by atoms with Crippen LogP contribution in [0.2, 0.25) is 6.32 Å². The molecule has 4 aliphatic rings. The minimum atomic E-state index is -0.849. The van der Waals surface area contributed by atoms with Gasteiger partial charge in [-0.15, -0.1) is 0 Å². The normalized spacial score (nSPS) is 41.3. The average Bonchev–Trinajstić information content (AvgIpc) is 2.70. The van der Waals surface area contributed by atoms with Crippen LogP contribution in [-0.4, -0.2) is 35.4 Å². The zero-order chi connectivity index (χ0) is 15.5. The molecule has 4 fully saturated rings. The molecule has 1 heterocycles. The first-order chi connectivity index (χ1) is 9.70. The van der Waals surface area contributed by atoms with Gasteiger partial charge in [-0.25, -0.2) is 0 Å². The predicted octanol–water partition coefficient (Wildman–Crippen LogP) is 2.05. The Morgan fingerprint density at radius 3 is 2.71 bits per heavy atom. The van der Waals surface area contributed by atoms with Crippen LogP contribution in [0.15, 0.2) is 0 Å². The lowest BCUT2D eigenvalue weighted by Crippen LogP contribution is -2.73. The predicted molar refractivity (Wildman–Crippen MR) is 79.8 cm³/mol. The second kappa shape index (κ2) is 4.70. The van der Waals surface area contributed by atoms with Crippen molar-refractivity contribution >= 4 is 13.1 Å². The van der Waals surface area contributed by atoms with E-state index < -0.39 is 5.97 Å². The van der Waals surface area contributed by atoms with Crippen molar-refractivity contribution in [3.05, 3.63) is 0 Å². The maximum atomic E-state index is 10.7. The molecular formula is C15H26BNO4. The van der Waals surface area contributed by atoms with Crippen molar-refractivity contribution in [1.82, 2.24) is 0 Å². The number of rotatable bonds is 5. The van der Waals surface area contributed by atoms with Crippen LogP contribution in [0, 0.1) is 11.3 Å². The molecule has 1 saturated heterocycles. The van der Waals surface area contributed by atoms with Gasteiger partial charge in [-0.2, -0.15) is 0 Å². The summed E-state index contributed by atoms with van der Waals surface area (Å²) in [6.45, 7) is 6.77. The first-order valence-corrected chi connectivity index (χ1v) is 8.03. The zero-order valence-corrected chi connectivity index (χ0v) is 13.2. The maximum Gasteiger partial charge on any atom is 0.457 e. The molecule has 0 aromatic heterocycles. The van der Waals surface area contributed by atoms with Crippen LogP contribution in [0.25, 0.3) is 0 Å². The van der Waals surface area contributed by atoms with Gasteiger partial charge in [0.1, 0.15) is 0 Å². The highest BCUT2D eigenvalue weighted by Gasteiger charge is 2.75. The molecule has 1 unspecified atom stereocenters. The molecule has 3 aliphatic carbocycles. The molecule has 1 aliphatic heterocycles. The third kappa shape index (κ3) is 2.06.